The maximum absolute atomic E-state index is 5.37. The number of nitrogens with one attached hydrogen (secondary N) is 2. The molecule has 0 aromatic carbocycles. The van der Waals surface area contributed by atoms with E-state index in [9.17, 15) is 0 Å². The maximum atomic E-state index is 5.37. The van der Waals surface area contributed by atoms with Gasteiger partial charge in [0, 0.05) is 39.8 Å². The van der Waals surface area contributed by atoms with Gasteiger partial charge in [-0.05, 0) is 43.2 Å². The number of unbranched alkanes of at least 4 members (excludes halogenated alkanes) is 1. The van der Waals surface area contributed by atoms with Gasteiger partial charge in [-0.15, -0.1) is 24.0 Å². The minimum absolute atomic E-state index is 0. The largest absolute Gasteiger partial charge is 0.469 e. The SMILES string of the molecule is CCCCNC(=NCC1(CCOC)CC1)NCCc1ccco1.I. The van der Waals surface area contributed by atoms with Gasteiger partial charge in [0.25, 0.3) is 0 Å². The van der Waals surface area contributed by atoms with E-state index in [0.29, 0.717) is 5.41 Å². The van der Waals surface area contributed by atoms with Crippen molar-refractivity contribution in [1.82, 2.24) is 10.6 Å². The average molecular weight is 449 g/mol. The molecule has 1 aromatic rings. The molecule has 6 heteroatoms. The lowest BCUT2D eigenvalue weighted by Crippen LogP contribution is -2.39. The lowest BCUT2D eigenvalue weighted by Gasteiger charge is -2.15. The Hall–Kier alpha value is -0.760. The second kappa shape index (κ2) is 11.7. The average Bonchev–Trinajstić information content (AvgIpc) is 3.14. The second-order valence-corrected chi connectivity index (χ2v) is 6.44. The summed E-state index contributed by atoms with van der Waals surface area (Å²) in [6, 6.07) is 3.93. The number of rotatable bonds is 11. The van der Waals surface area contributed by atoms with Crippen LogP contribution in [0.1, 0.15) is 44.8 Å². The van der Waals surface area contributed by atoms with Gasteiger partial charge in [0.1, 0.15) is 5.76 Å². The van der Waals surface area contributed by atoms with Crippen molar-refractivity contribution >= 4 is 29.9 Å². The van der Waals surface area contributed by atoms with E-state index in [4.69, 9.17) is 14.1 Å². The zero-order valence-electron chi connectivity index (χ0n) is 15.0. The van der Waals surface area contributed by atoms with Crippen molar-refractivity contribution in [2.45, 2.75) is 45.4 Å². The third-order valence-electron chi connectivity index (χ3n) is 4.43. The fraction of sp³-hybridized carbons (Fsp3) is 0.722. The Bertz CT molecular complexity index is 459. The molecule has 24 heavy (non-hydrogen) atoms. The molecule has 2 rings (SSSR count). The highest BCUT2D eigenvalue weighted by molar-refractivity contribution is 14.0. The zero-order valence-corrected chi connectivity index (χ0v) is 17.3. The van der Waals surface area contributed by atoms with Crippen LogP contribution in [0.2, 0.25) is 0 Å². The van der Waals surface area contributed by atoms with Crippen molar-refractivity contribution < 1.29 is 9.15 Å². The molecule has 1 aliphatic carbocycles. The van der Waals surface area contributed by atoms with Crippen molar-refractivity contribution in [3.05, 3.63) is 24.2 Å². The molecule has 0 atom stereocenters. The van der Waals surface area contributed by atoms with Crippen molar-refractivity contribution in [2.75, 3.05) is 33.4 Å². The summed E-state index contributed by atoms with van der Waals surface area (Å²) in [5.74, 6) is 1.93. The summed E-state index contributed by atoms with van der Waals surface area (Å²) in [5, 5.41) is 6.86. The smallest absolute Gasteiger partial charge is 0.191 e. The number of methoxy groups -OCH3 is 1. The first-order valence-corrected chi connectivity index (χ1v) is 8.81. The number of aliphatic imine (C=N–C) groups is 1. The Balaban J connectivity index is 0.00000288. The first-order valence-electron chi connectivity index (χ1n) is 8.81. The van der Waals surface area contributed by atoms with E-state index in [2.05, 4.69) is 17.6 Å². The van der Waals surface area contributed by atoms with Gasteiger partial charge in [-0.1, -0.05) is 13.3 Å². The quantitative estimate of drug-likeness (QED) is 0.235. The van der Waals surface area contributed by atoms with Gasteiger partial charge in [-0.25, -0.2) is 0 Å². The highest BCUT2D eigenvalue weighted by atomic mass is 127. The highest BCUT2D eigenvalue weighted by Crippen LogP contribution is 2.48. The van der Waals surface area contributed by atoms with Crippen LogP contribution in [0.15, 0.2) is 27.8 Å². The Labute approximate surface area is 163 Å². The molecule has 5 nitrogen and oxygen atoms in total. The monoisotopic (exact) mass is 449 g/mol. The van der Waals surface area contributed by atoms with Gasteiger partial charge in [-0.2, -0.15) is 0 Å². The van der Waals surface area contributed by atoms with Gasteiger partial charge in [0.2, 0.25) is 0 Å². The molecule has 0 bridgehead atoms. The lowest BCUT2D eigenvalue weighted by molar-refractivity contribution is 0.174. The summed E-state index contributed by atoms with van der Waals surface area (Å²) >= 11 is 0. The molecule has 0 saturated heterocycles. The molecule has 0 aliphatic heterocycles. The summed E-state index contributed by atoms with van der Waals surface area (Å²) < 4.78 is 10.6. The zero-order chi connectivity index (χ0) is 16.4. The number of furan rings is 1. The van der Waals surface area contributed by atoms with Crippen LogP contribution in [-0.4, -0.2) is 39.3 Å². The molecule has 1 heterocycles. The van der Waals surface area contributed by atoms with Crippen LogP contribution in [0, 0.1) is 5.41 Å². The molecular weight excluding hydrogens is 417 g/mol. The van der Waals surface area contributed by atoms with Gasteiger partial charge < -0.3 is 19.8 Å². The number of nitrogens with zero attached hydrogens (tertiary/aromatic N) is 1. The Kier molecular flexibility index (Phi) is 10.4. The van der Waals surface area contributed by atoms with Gasteiger partial charge in [0.15, 0.2) is 5.96 Å². The first-order chi connectivity index (χ1) is 11.3. The normalized spacial score (nSPS) is 15.7. The van der Waals surface area contributed by atoms with Crippen LogP contribution in [0.3, 0.4) is 0 Å². The molecule has 0 spiro atoms. The third-order valence-corrected chi connectivity index (χ3v) is 4.43. The Morgan fingerprint density at radius 1 is 1.33 bits per heavy atom. The fourth-order valence-electron chi connectivity index (χ4n) is 2.55. The van der Waals surface area contributed by atoms with E-state index in [1.807, 2.05) is 12.1 Å². The predicted octanol–water partition coefficient (Wildman–Crippen LogP) is 3.59. The summed E-state index contributed by atoms with van der Waals surface area (Å²) in [4.78, 5) is 4.81. The first kappa shape index (κ1) is 21.3. The molecular formula is C18H32IN3O2. The van der Waals surface area contributed by atoms with Crippen LogP contribution >= 0.6 is 24.0 Å². The van der Waals surface area contributed by atoms with E-state index < -0.39 is 0 Å². The molecule has 1 aromatic heterocycles. The van der Waals surface area contributed by atoms with Crippen LogP contribution < -0.4 is 10.6 Å². The summed E-state index contributed by atoms with van der Waals surface area (Å²) in [6.07, 6.45) is 8.59. The number of guanidine groups is 1. The number of ether oxygens (including phenoxy) is 1. The Morgan fingerprint density at radius 2 is 2.12 bits per heavy atom. The van der Waals surface area contributed by atoms with Crippen molar-refractivity contribution in [2.24, 2.45) is 10.4 Å². The predicted molar refractivity (Wildman–Crippen MR) is 109 cm³/mol. The molecule has 0 unspecified atom stereocenters. The van der Waals surface area contributed by atoms with E-state index in [1.165, 1.54) is 19.3 Å². The lowest BCUT2D eigenvalue weighted by atomic mass is 10.0. The molecule has 1 fully saturated rings. The van der Waals surface area contributed by atoms with Crippen LogP contribution in [-0.2, 0) is 11.2 Å². The standard InChI is InChI=1S/C18H31N3O2.HI/c1-3-4-11-19-17(20-12-7-16-6-5-13-23-16)21-15-18(8-9-18)10-14-22-2;/h5-6,13H,3-4,7-12,14-15H2,1-2H3,(H2,19,20,21);1H. The van der Waals surface area contributed by atoms with Gasteiger partial charge in [-0.3, -0.25) is 4.99 Å². The van der Waals surface area contributed by atoms with E-state index >= 15 is 0 Å². The van der Waals surface area contributed by atoms with Gasteiger partial charge in [0.05, 0.1) is 6.26 Å². The van der Waals surface area contributed by atoms with Crippen LogP contribution in [0.25, 0.3) is 0 Å². The summed E-state index contributed by atoms with van der Waals surface area (Å²) in [5.41, 5.74) is 0.385. The van der Waals surface area contributed by atoms with Crippen molar-refractivity contribution in [1.29, 1.82) is 0 Å². The molecule has 2 N–H and O–H groups in total. The molecule has 1 aliphatic rings. The number of hydrogen-bond acceptors (Lipinski definition) is 3. The van der Waals surface area contributed by atoms with Crippen LogP contribution in [0.4, 0.5) is 0 Å². The topological polar surface area (TPSA) is 58.8 Å². The van der Waals surface area contributed by atoms with Crippen molar-refractivity contribution in [3.8, 4) is 0 Å². The second-order valence-electron chi connectivity index (χ2n) is 6.44. The van der Waals surface area contributed by atoms with E-state index in [-0.39, 0.29) is 24.0 Å². The van der Waals surface area contributed by atoms with Crippen molar-refractivity contribution in [3.63, 3.8) is 0 Å². The number of halogens is 1. The third kappa shape index (κ3) is 7.88. The highest BCUT2D eigenvalue weighted by Gasteiger charge is 2.41. The molecule has 138 valence electrons. The summed E-state index contributed by atoms with van der Waals surface area (Å²) in [6.45, 7) is 5.72. The van der Waals surface area contributed by atoms with Crippen LogP contribution in [0.5, 0.6) is 0 Å². The minimum atomic E-state index is 0. The van der Waals surface area contributed by atoms with E-state index in [1.54, 1.807) is 13.4 Å². The van der Waals surface area contributed by atoms with E-state index in [0.717, 1.165) is 57.2 Å². The van der Waals surface area contributed by atoms with Gasteiger partial charge >= 0.3 is 0 Å². The molecule has 0 radical (unpaired) electrons. The fourth-order valence-corrected chi connectivity index (χ4v) is 2.55. The summed E-state index contributed by atoms with van der Waals surface area (Å²) in [7, 11) is 1.77. The minimum Gasteiger partial charge on any atom is -0.469 e. The molecule has 1 saturated carbocycles. The Morgan fingerprint density at radius 3 is 2.75 bits per heavy atom. The molecule has 0 amide bonds. The number of hydrogen-bond donors (Lipinski definition) is 2. The maximum Gasteiger partial charge on any atom is 0.191 e.